The van der Waals surface area contributed by atoms with Gasteiger partial charge in [-0.1, -0.05) is 29.3 Å². The first-order valence-electron chi connectivity index (χ1n) is 6.50. The molecular formula is C15H14Cl2N2O3S. The molecule has 2 rings (SSSR count). The second-order valence-electron chi connectivity index (χ2n) is 4.98. The Hall–Kier alpha value is -1.76. The van der Waals surface area contributed by atoms with E-state index < -0.39 is 15.9 Å². The number of nitrogens with one attached hydrogen (secondary N) is 2. The number of hydrogen-bond donors (Lipinski definition) is 2. The van der Waals surface area contributed by atoms with Crippen molar-refractivity contribution in [3.8, 4) is 0 Å². The summed E-state index contributed by atoms with van der Waals surface area (Å²) in [6.45, 7) is 1.84. The van der Waals surface area contributed by atoms with Gasteiger partial charge in [-0.3, -0.25) is 9.52 Å². The van der Waals surface area contributed by atoms with E-state index in [4.69, 9.17) is 23.2 Å². The van der Waals surface area contributed by atoms with Gasteiger partial charge in [0.1, 0.15) is 0 Å². The predicted molar refractivity (Wildman–Crippen MR) is 94.1 cm³/mol. The highest BCUT2D eigenvalue weighted by Crippen LogP contribution is 2.25. The second kappa shape index (κ2) is 6.78. The van der Waals surface area contributed by atoms with Gasteiger partial charge in [0.2, 0.25) is 10.0 Å². The van der Waals surface area contributed by atoms with Crippen molar-refractivity contribution >= 4 is 50.5 Å². The number of carbonyl (C=O) groups is 1. The van der Waals surface area contributed by atoms with Gasteiger partial charge < -0.3 is 5.32 Å². The van der Waals surface area contributed by atoms with E-state index in [-0.39, 0.29) is 16.3 Å². The summed E-state index contributed by atoms with van der Waals surface area (Å²) in [5.74, 6) is -0.399. The molecule has 122 valence electrons. The summed E-state index contributed by atoms with van der Waals surface area (Å²) in [6, 6.07) is 9.48. The van der Waals surface area contributed by atoms with Crippen molar-refractivity contribution in [1.82, 2.24) is 0 Å². The molecule has 2 aromatic rings. The molecule has 8 heteroatoms. The zero-order valence-electron chi connectivity index (χ0n) is 12.4. The Bertz CT molecular complexity index is 867. The van der Waals surface area contributed by atoms with Crippen LogP contribution in [0, 0.1) is 6.92 Å². The molecule has 5 nitrogen and oxygen atoms in total. The van der Waals surface area contributed by atoms with Crippen molar-refractivity contribution in [2.45, 2.75) is 6.92 Å². The van der Waals surface area contributed by atoms with Crippen LogP contribution in [0.4, 0.5) is 11.4 Å². The van der Waals surface area contributed by atoms with Crippen molar-refractivity contribution in [1.29, 1.82) is 0 Å². The van der Waals surface area contributed by atoms with Crippen LogP contribution in [0.2, 0.25) is 10.0 Å². The Morgan fingerprint density at radius 3 is 2.39 bits per heavy atom. The molecule has 23 heavy (non-hydrogen) atoms. The van der Waals surface area contributed by atoms with Gasteiger partial charge in [0.05, 0.1) is 17.0 Å². The van der Waals surface area contributed by atoms with Crippen LogP contribution in [-0.2, 0) is 10.0 Å². The molecule has 0 unspecified atom stereocenters. The van der Waals surface area contributed by atoms with E-state index >= 15 is 0 Å². The monoisotopic (exact) mass is 372 g/mol. The van der Waals surface area contributed by atoms with Crippen molar-refractivity contribution in [2.75, 3.05) is 16.3 Å². The maximum atomic E-state index is 12.3. The summed E-state index contributed by atoms with van der Waals surface area (Å²) in [5.41, 5.74) is 1.84. The van der Waals surface area contributed by atoms with Crippen molar-refractivity contribution in [3.05, 3.63) is 57.6 Å². The number of anilines is 2. The molecule has 0 spiro atoms. The standard InChI is InChI=1S/C15H14Cl2N2O3S/c1-9-3-5-11(16)8-13(9)18-15(20)10-4-6-12(17)14(7-10)19-23(2,21)22/h3-8,19H,1-2H3,(H,18,20). The van der Waals surface area contributed by atoms with Crippen LogP contribution in [-0.4, -0.2) is 20.6 Å². The van der Waals surface area contributed by atoms with Gasteiger partial charge in [-0.25, -0.2) is 8.42 Å². The lowest BCUT2D eigenvalue weighted by Crippen LogP contribution is -2.14. The maximum absolute atomic E-state index is 12.3. The number of carbonyl (C=O) groups excluding carboxylic acids is 1. The van der Waals surface area contributed by atoms with Crippen molar-refractivity contribution in [2.24, 2.45) is 0 Å². The zero-order valence-corrected chi connectivity index (χ0v) is 14.7. The molecule has 0 aliphatic carbocycles. The Balaban J connectivity index is 2.29. The highest BCUT2D eigenvalue weighted by molar-refractivity contribution is 7.92. The smallest absolute Gasteiger partial charge is 0.255 e. The lowest BCUT2D eigenvalue weighted by Gasteiger charge is -2.11. The Kier molecular flexibility index (Phi) is 5.19. The molecule has 0 bridgehead atoms. The van der Waals surface area contributed by atoms with E-state index in [9.17, 15) is 13.2 Å². The minimum absolute atomic E-state index is 0.143. The first-order valence-corrected chi connectivity index (χ1v) is 9.15. The van der Waals surface area contributed by atoms with Gasteiger partial charge in [-0.15, -0.1) is 0 Å². The first-order chi connectivity index (χ1) is 10.7. The minimum Gasteiger partial charge on any atom is -0.322 e. The summed E-state index contributed by atoms with van der Waals surface area (Å²) in [7, 11) is -3.50. The molecule has 0 fully saturated rings. The van der Waals surface area contributed by atoms with Crippen LogP contribution in [0.1, 0.15) is 15.9 Å². The third-order valence-electron chi connectivity index (χ3n) is 2.97. The number of aryl methyl sites for hydroxylation is 1. The van der Waals surface area contributed by atoms with Crippen molar-refractivity contribution in [3.63, 3.8) is 0 Å². The van der Waals surface area contributed by atoms with Crippen LogP contribution in [0.25, 0.3) is 0 Å². The average molecular weight is 373 g/mol. The van der Waals surface area contributed by atoms with Crippen LogP contribution in [0.15, 0.2) is 36.4 Å². The van der Waals surface area contributed by atoms with Gasteiger partial charge in [-0.2, -0.15) is 0 Å². The average Bonchev–Trinajstić information content (AvgIpc) is 2.43. The highest BCUT2D eigenvalue weighted by atomic mass is 35.5. The van der Waals surface area contributed by atoms with Crippen molar-refractivity contribution < 1.29 is 13.2 Å². The van der Waals surface area contributed by atoms with Crippen LogP contribution in [0.5, 0.6) is 0 Å². The molecule has 0 heterocycles. The summed E-state index contributed by atoms with van der Waals surface area (Å²) < 4.78 is 24.9. The third-order valence-corrected chi connectivity index (χ3v) is 4.13. The fourth-order valence-corrected chi connectivity index (χ4v) is 2.83. The van der Waals surface area contributed by atoms with Gasteiger partial charge >= 0.3 is 0 Å². The van der Waals surface area contributed by atoms with E-state index in [1.54, 1.807) is 18.2 Å². The molecule has 0 saturated heterocycles. The summed E-state index contributed by atoms with van der Waals surface area (Å²) in [6.07, 6.45) is 1.01. The van der Waals surface area contributed by atoms with Crippen LogP contribution in [0.3, 0.4) is 0 Å². The fourth-order valence-electron chi connectivity index (χ4n) is 1.87. The molecule has 0 aromatic heterocycles. The molecule has 0 aliphatic rings. The molecule has 2 aromatic carbocycles. The minimum atomic E-state index is -3.50. The summed E-state index contributed by atoms with van der Waals surface area (Å²) >= 11 is 11.9. The Labute approximate surface area is 144 Å². The van der Waals surface area contributed by atoms with E-state index in [2.05, 4.69) is 10.0 Å². The quantitative estimate of drug-likeness (QED) is 0.853. The lowest BCUT2D eigenvalue weighted by atomic mass is 10.1. The van der Waals surface area contributed by atoms with Crippen LogP contribution >= 0.6 is 23.2 Å². The molecular weight excluding hydrogens is 359 g/mol. The molecule has 0 radical (unpaired) electrons. The largest absolute Gasteiger partial charge is 0.322 e. The molecule has 2 N–H and O–H groups in total. The van der Waals surface area contributed by atoms with E-state index in [0.717, 1.165) is 11.8 Å². The maximum Gasteiger partial charge on any atom is 0.255 e. The summed E-state index contributed by atoms with van der Waals surface area (Å²) in [5, 5.41) is 3.43. The number of amides is 1. The molecule has 1 amide bonds. The topological polar surface area (TPSA) is 75.3 Å². The number of hydrogen-bond acceptors (Lipinski definition) is 3. The second-order valence-corrected chi connectivity index (χ2v) is 7.57. The van der Waals surface area contributed by atoms with E-state index in [0.29, 0.717) is 10.7 Å². The highest BCUT2D eigenvalue weighted by Gasteiger charge is 2.13. The lowest BCUT2D eigenvalue weighted by molar-refractivity contribution is 0.102. The number of halogens is 2. The Morgan fingerprint density at radius 2 is 1.74 bits per heavy atom. The SMILES string of the molecule is Cc1ccc(Cl)cc1NC(=O)c1ccc(Cl)c(NS(C)(=O)=O)c1. The van der Waals surface area contributed by atoms with Gasteiger partial charge in [0.15, 0.2) is 0 Å². The van der Waals surface area contributed by atoms with Crippen LogP contribution < -0.4 is 10.0 Å². The molecule has 0 atom stereocenters. The van der Waals surface area contributed by atoms with Gasteiger partial charge in [0.25, 0.3) is 5.91 Å². The first kappa shape index (κ1) is 17.6. The Morgan fingerprint density at radius 1 is 1.04 bits per heavy atom. The van der Waals surface area contributed by atoms with E-state index in [1.165, 1.54) is 18.2 Å². The predicted octanol–water partition coefficient (Wildman–Crippen LogP) is 3.93. The number of benzene rings is 2. The third kappa shape index (κ3) is 4.86. The number of rotatable bonds is 4. The molecule has 0 saturated carbocycles. The molecule has 0 aliphatic heterocycles. The number of sulfonamides is 1. The fraction of sp³-hybridized carbons (Fsp3) is 0.133. The van der Waals surface area contributed by atoms with Gasteiger partial charge in [-0.05, 0) is 42.8 Å². The summed E-state index contributed by atoms with van der Waals surface area (Å²) in [4.78, 5) is 12.3. The normalized spacial score (nSPS) is 11.1. The zero-order chi connectivity index (χ0) is 17.2. The van der Waals surface area contributed by atoms with Gasteiger partial charge in [0, 0.05) is 16.3 Å². The van der Waals surface area contributed by atoms with E-state index in [1.807, 2.05) is 6.92 Å².